The maximum Gasteiger partial charge on any atom is 0.414 e. The van der Waals surface area contributed by atoms with E-state index < -0.39 is 9.84 Å². The molecule has 4 heterocycles. The highest BCUT2D eigenvalue weighted by Gasteiger charge is 2.26. The van der Waals surface area contributed by atoms with E-state index >= 15 is 0 Å². The summed E-state index contributed by atoms with van der Waals surface area (Å²) in [7, 11) is -2.88. The molecule has 2 aromatic carbocycles. The summed E-state index contributed by atoms with van der Waals surface area (Å²) >= 11 is 1.72. The Morgan fingerprint density at radius 2 is 1.69 bits per heavy atom. The van der Waals surface area contributed by atoms with Crippen molar-refractivity contribution in [2.45, 2.75) is 19.4 Å². The summed E-state index contributed by atoms with van der Waals surface area (Å²) in [5.41, 5.74) is 5.74. The van der Waals surface area contributed by atoms with Gasteiger partial charge in [0.1, 0.15) is 6.61 Å². The summed E-state index contributed by atoms with van der Waals surface area (Å²) in [5.74, 6) is 0.455. The molecule has 0 aliphatic carbocycles. The number of ether oxygens (including phenoxy) is 1. The fourth-order valence-corrected chi connectivity index (χ4v) is 7.19. The topological polar surface area (TPSA) is 83.1 Å². The molecule has 0 radical (unpaired) electrons. The zero-order valence-electron chi connectivity index (χ0n) is 19.9. The van der Waals surface area contributed by atoms with E-state index in [1.54, 1.807) is 16.2 Å². The van der Waals surface area contributed by atoms with Crippen molar-refractivity contribution < 1.29 is 17.9 Å². The Kier molecular flexibility index (Phi) is 6.08. The average Bonchev–Trinajstić information content (AvgIpc) is 3.53. The molecule has 2 saturated heterocycles. The molecule has 0 atom stereocenters. The van der Waals surface area contributed by atoms with Crippen molar-refractivity contribution in [1.29, 1.82) is 0 Å². The number of benzene rings is 2. The highest BCUT2D eigenvalue weighted by molar-refractivity contribution is 7.91. The second-order valence-corrected chi connectivity index (χ2v) is 12.9. The van der Waals surface area contributed by atoms with Crippen molar-refractivity contribution >= 4 is 43.8 Å². The molecular weight excluding hydrogens is 496 g/mol. The summed E-state index contributed by atoms with van der Waals surface area (Å²) < 4.78 is 28.5. The molecule has 10 heteroatoms. The molecule has 2 fully saturated rings. The van der Waals surface area contributed by atoms with Crippen LogP contribution in [0.15, 0.2) is 48.7 Å². The lowest BCUT2D eigenvalue weighted by Crippen LogP contribution is -2.40. The minimum absolute atomic E-state index is 0.228. The standard InChI is InChI=1S/C26H28N4O4S2/c31-26-30(9-12-34-26)23-6-3-20-7-8-29(18-21(20)16-23)25-27-17-24(35-25)15-19-1-4-22(5-2-19)28-10-13-36(32,33)14-11-28/h1-6,16-17H,7-15,18H2. The first-order valence-corrected chi connectivity index (χ1v) is 14.9. The Labute approximate surface area is 215 Å². The Morgan fingerprint density at radius 3 is 2.44 bits per heavy atom. The minimum Gasteiger partial charge on any atom is -0.447 e. The van der Waals surface area contributed by atoms with Gasteiger partial charge in [-0.25, -0.2) is 18.2 Å². The molecule has 0 saturated carbocycles. The number of sulfone groups is 1. The van der Waals surface area contributed by atoms with Gasteiger partial charge < -0.3 is 14.5 Å². The Morgan fingerprint density at radius 1 is 0.917 bits per heavy atom. The van der Waals surface area contributed by atoms with Crippen molar-refractivity contribution in [2.75, 3.05) is 59.0 Å². The van der Waals surface area contributed by atoms with E-state index in [0.29, 0.717) is 26.2 Å². The normalized spacial score (nSPS) is 19.3. The first-order chi connectivity index (χ1) is 17.4. The molecule has 1 aromatic heterocycles. The van der Waals surface area contributed by atoms with E-state index in [1.807, 2.05) is 12.3 Å². The zero-order chi connectivity index (χ0) is 24.7. The third-order valence-electron chi connectivity index (χ3n) is 7.11. The maximum absolute atomic E-state index is 12.0. The van der Waals surface area contributed by atoms with E-state index in [1.165, 1.54) is 21.6 Å². The third kappa shape index (κ3) is 4.79. The summed E-state index contributed by atoms with van der Waals surface area (Å²) in [5, 5.41) is 1.02. The van der Waals surface area contributed by atoms with Gasteiger partial charge in [0.2, 0.25) is 0 Å². The number of anilines is 3. The van der Waals surface area contributed by atoms with E-state index in [9.17, 15) is 13.2 Å². The van der Waals surface area contributed by atoms with E-state index in [0.717, 1.165) is 42.4 Å². The molecule has 0 bridgehead atoms. The number of hydrogen-bond acceptors (Lipinski definition) is 8. The van der Waals surface area contributed by atoms with Gasteiger partial charge in [-0.3, -0.25) is 4.90 Å². The number of thiazole rings is 1. The van der Waals surface area contributed by atoms with Crippen LogP contribution in [0.3, 0.4) is 0 Å². The van der Waals surface area contributed by atoms with Crippen molar-refractivity contribution in [3.63, 3.8) is 0 Å². The minimum atomic E-state index is -2.88. The van der Waals surface area contributed by atoms with Gasteiger partial charge in [-0.1, -0.05) is 18.2 Å². The number of rotatable bonds is 5. The highest BCUT2D eigenvalue weighted by atomic mass is 32.2. The van der Waals surface area contributed by atoms with Gasteiger partial charge in [0.05, 0.1) is 18.1 Å². The number of nitrogens with zero attached hydrogens (tertiary/aromatic N) is 4. The lowest BCUT2D eigenvalue weighted by molar-refractivity contribution is 0.181. The number of aromatic nitrogens is 1. The van der Waals surface area contributed by atoms with E-state index in [4.69, 9.17) is 9.72 Å². The molecular formula is C26H28N4O4S2. The molecule has 6 rings (SSSR count). The molecule has 0 N–H and O–H groups in total. The maximum atomic E-state index is 12.0. The smallest absolute Gasteiger partial charge is 0.414 e. The van der Waals surface area contributed by atoms with Gasteiger partial charge in [0, 0.05) is 55.0 Å². The predicted molar refractivity (Wildman–Crippen MR) is 142 cm³/mol. The van der Waals surface area contributed by atoms with E-state index in [-0.39, 0.29) is 17.6 Å². The van der Waals surface area contributed by atoms with Gasteiger partial charge in [0.15, 0.2) is 15.0 Å². The Bertz CT molecular complexity index is 1370. The predicted octanol–water partition coefficient (Wildman–Crippen LogP) is 3.49. The Hall–Kier alpha value is -3.11. The van der Waals surface area contributed by atoms with Crippen LogP contribution >= 0.6 is 11.3 Å². The fourth-order valence-electron chi connectivity index (χ4n) is 5.02. The van der Waals surface area contributed by atoms with Gasteiger partial charge in [-0.15, -0.1) is 11.3 Å². The number of fused-ring (bicyclic) bond motifs is 1. The number of carbonyl (C=O) groups is 1. The van der Waals surface area contributed by atoms with Crippen molar-refractivity contribution in [3.8, 4) is 0 Å². The van der Waals surface area contributed by atoms with Crippen LogP contribution in [0.2, 0.25) is 0 Å². The molecule has 3 aliphatic rings. The largest absolute Gasteiger partial charge is 0.447 e. The molecule has 188 valence electrons. The summed E-state index contributed by atoms with van der Waals surface area (Å²) in [6.45, 7) is 3.85. The lowest BCUT2D eigenvalue weighted by atomic mass is 9.99. The molecule has 1 amide bonds. The van der Waals surface area contributed by atoms with Gasteiger partial charge in [-0.05, 0) is 47.4 Å². The summed E-state index contributed by atoms with van der Waals surface area (Å²) in [4.78, 5) is 24.0. The fraction of sp³-hybridized carbons (Fsp3) is 0.385. The molecule has 8 nitrogen and oxygen atoms in total. The average molecular weight is 525 g/mol. The summed E-state index contributed by atoms with van der Waals surface area (Å²) in [6.07, 6.45) is 3.46. The number of hydrogen-bond donors (Lipinski definition) is 0. The molecule has 0 spiro atoms. The first kappa shape index (κ1) is 23.3. The van der Waals surface area contributed by atoms with Gasteiger partial charge in [-0.2, -0.15) is 0 Å². The van der Waals surface area contributed by atoms with Crippen LogP contribution in [-0.2, 0) is 34.0 Å². The third-order valence-corrected chi connectivity index (χ3v) is 9.78. The quantitative estimate of drug-likeness (QED) is 0.505. The Balaban J connectivity index is 1.10. The van der Waals surface area contributed by atoms with Crippen LogP contribution in [0, 0.1) is 0 Å². The monoisotopic (exact) mass is 524 g/mol. The van der Waals surface area contributed by atoms with Gasteiger partial charge >= 0.3 is 6.09 Å². The highest BCUT2D eigenvalue weighted by Crippen LogP contribution is 2.32. The van der Waals surface area contributed by atoms with E-state index in [2.05, 4.69) is 46.2 Å². The van der Waals surface area contributed by atoms with Crippen LogP contribution in [0.4, 0.5) is 21.3 Å². The molecule has 0 unspecified atom stereocenters. The second-order valence-electron chi connectivity index (χ2n) is 9.48. The van der Waals surface area contributed by atoms with Crippen LogP contribution in [0.1, 0.15) is 21.6 Å². The van der Waals surface area contributed by atoms with Crippen molar-refractivity contribution in [3.05, 3.63) is 70.2 Å². The second kappa shape index (κ2) is 9.40. The number of cyclic esters (lactones) is 1. The van der Waals surface area contributed by atoms with Crippen LogP contribution in [0.25, 0.3) is 0 Å². The van der Waals surface area contributed by atoms with Gasteiger partial charge in [0.25, 0.3) is 0 Å². The molecule has 3 aliphatic heterocycles. The zero-order valence-corrected chi connectivity index (χ0v) is 21.6. The molecule has 3 aromatic rings. The summed E-state index contributed by atoms with van der Waals surface area (Å²) in [6, 6.07) is 14.7. The van der Waals surface area contributed by atoms with Crippen LogP contribution in [-0.4, -0.2) is 63.8 Å². The number of carbonyl (C=O) groups excluding carboxylic acids is 1. The van der Waals surface area contributed by atoms with Crippen LogP contribution < -0.4 is 14.7 Å². The van der Waals surface area contributed by atoms with Crippen molar-refractivity contribution in [2.24, 2.45) is 0 Å². The molecule has 36 heavy (non-hydrogen) atoms. The lowest BCUT2D eigenvalue weighted by Gasteiger charge is -2.29. The first-order valence-electron chi connectivity index (χ1n) is 12.2. The number of amides is 1. The van der Waals surface area contributed by atoms with Crippen LogP contribution in [0.5, 0.6) is 0 Å². The SMILES string of the molecule is O=C1OCCN1c1ccc2c(c1)CN(c1ncc(Cc3ccc(N4CCS(=O)(=O)CC4)cc3)s1)CC2. The van der Waals surface area contributed by atoms with Crippen molar-refractivity contribution in [1.82, 2.24) is 4.98 Å².